The van der Waals surface area contributed by atoms with Crippen molar-refractivity contribution in [1.29, 1.82) is 0 Å². The van der Waals surface area contributed by atoms with E-state index in [1.54, 1.807) is 28.0 Å². The van der Waals surface area contributed by atoms with Gasteiger partial charge in [-0.05, 0) is 25.1 Å². The number of nitrogens with zero attached hydrogens (tertiary/aromatic N) is 3. The molecule has 6 heteroatoms. The summed E-state index contributed by atoms with van der Waals surface area (Å²) in [5.74, 6) is 1.51. The van der Waals surface area contributed by atoms with Gasteiger partial charge in [0, 0.05) is 18.9 Å². The van der Waals surface area contributed by atoms with Crippen LogP contribution in [-0.2, 0) is 11.3 Å². The molecule has 0 N–H and O–H groups in total. The first-order valence-corrected chi connectivity index (χ1v) is 7.40. The lowest BCUT2D eigenvalue weighted by atomic mass is 10.2. The van der Waals surface area contributed by atoms with Crippen molar-refractivity contribution in [3.8, 4) is 11.5 Å². The summed E-state index contributed by atoms with van der Waals surface area (Å²) in [6.45, 7) is 3.78. The molecule has 0 bridgehead atoms. The van der Waals surface area contributed by atoms with Crippen LogP contribution in [0.1, 0.15) is 6.92 Å². The lowest BCUT2D eigenvalue weighted by molar-refractivity contribution is -0.133. The van der Waals surface area contributed by atoms with Crippen LogP contribution < -0.4 is 9.47 Å². The Morgan fingerprint density at radius 2 is 2.18 bits per heavy atom. The Morgan fingerprint density at radius 3 is 2.91 bits per heavy atom. The number of likely N-dealkylation sites (N-methyl/N-ethyl adjacent to an activating group) is 1. The molecule has 0 spiro atoms. The number of para-hydroxylation sites is 2. The van der Waals surface area contributed by atoms with Crippen molar-refractivity contribution in [3.05, 3.63) is 42.7 Å². The lowest BCUT2D eigenvalue weighted by Gasteiger charge is -2.30. The highest BCUT2D eigenvalue weighted by atomic mass is 16.6. The van der Waals surface area contributed by atoms with Gasteiger partial charge in [-0.1, -0.05) is 12.1 Å². The van der Waals surface area contributed by atoms with Crippen LogP contribution in [-0.4, -0.2) is 46.4 Å². The van der Waals surface area contributed by atoms with Crippen LogP contribution in [0.25, 0.3) is 0 Å². The molecular formula is C16H19N3O3. The van der Waals surface area contributed by atoms with Crippen molar-refractivity contribution in [1.82, 2.24) is 14.7 Å². The Labute approximate surface area is 129 Å². The van der Waals surface area contributed by atoms with Gasteiger partial charge in [-0.25, -0.2) is 0 Å². The maximum absolute atomic E-state index is 12.3. The third kappa shape index (κ3) is 3.21. The van der Waals surface area contributed by atoms with Gasteiger partial charge in [0.05, 0.1) is 6.54 Å². The summed E-state index contributed by atoms with van der Waals surface area (Å²) in [6, 6.07) is 9.38. The Morgan fingerprint density at radius 1 is 1.36 bits per heavy atom. The third-order valence-electron chi connectivity index (χ3n) is 3.58. The van der Waals surface area contributed by atoms with Crippen LogP contribution in [0.5, 0.6) is 11.5 Å². The number of amides is 1. The highest BCUT2D eigenvalue weighted by Crippen LogP contribution is 2.30. The van der Waals surface area contributed by atoms with Gasteiger partial charge in [0.25, 0.3) is 0 Å². The summed E-state index contributed by atoms with van der Waals surface area (Å²) in [7, 11) is 0. The van der Waals surface area contributed by atoms with Crippen LogP contribution in [0.3, 0.4) is 0 Å². The molecule has 3 rings (SSSR count). The monoisotopic (exact) mass is 301 g/mol. The van der Waals surface area contributed by atoms with Crippen LogP contribution in [0.4, 0.5) is 0 Å². The predicted molar refractivity (Wildman–Crippen MR) is 80.8 cm³/mol. The van der Waals surface area contributed by atoms with Gasteiger partial charge < -0.3 is 14.4 Å². The first-order chi connectivity index (χ1) is 10.8. The molecule has 2 heterocycles. The first kappa shape index (κ1) is 14.4. The van der Waals surface area contributed by atoms with Crippen LogP contribution in [0.15, 0.2) is 42.7 Å². The second kappa shape index (κ2) is 6.51. The highest BCUT2D eigenvalue weighted by molar-refractivity contribution is 5.75. The van der Waals surface area contributed by atoms with E-state index < -0.39 is 0 Å². The largest absolute Gasteiger partial charge is 0.486 e. The van der Waals surface area contributed by atoms with Crippen molar-refractivity contribution in [2.75, 3.05) is 19.7 Å². The number of aromatic nitrogens is 2. The summed E-state index contributed by atoms with van der Waals surface area (Å²) < 4.78 is 13.2. The number of ether oxygens (including phenoxy) is 2. The molecule has 0 unspecified atom stereocenters. The smallest absolute Gasteiger partial charge is 0.244 e. The van der Waals surface area contributed by atoms with E-state index in [0.717, 1.165) is 11.5 Å². The average Bonchev–Trinajstić information content (AvgIpc) is 3.05. The van der Waals surface area contributed by atoms with Crippen LogP contribution in [0.2, 0.25) is 0 Å². The maximum Gasteiger partial charge on any atom is 0.244 e. The molecule has 0 aliphatic carbocycles. The Kier molecular flexibility index (Phi) is 4.27. The van der Waals surface area contributed by atoms with E-state index in [0.29, 0.717) is 19.7 Å². The van der Waals surface area contributed by atoms with Gasteiger partial charge in [-0.2, -0.15) is 5.10 Å². The normalized spacial score (nSPS) is 16.3. The third-order valence-corrected chi connectivity index (χ3v) is 3.58. The van der Waals surface area contributed by atoms with Gasteiger partial charge >= 0.3 is 0 Å². The predicted octanol–water partition coefficient (Wildman–Crippen LogP) is 1.57. The molecule has 1 aliphatic rings. The van der Waals surface area contributed by atoms with Crippen LogP contribution in [0, 0.1) is 0 Å². The van der Waals surface area contributed by atoms with E-state index in [2.05, 4.69) is 5.10 Å². The molecule has 0 radical (unpaired) electrons. The number of fused-ring (bicyclic) bond motifs is 1. The van der Waals surface area contributed by atoms with Crippen molar-refractivity contribution < 1.29 is 14.3 Å². The Bertz CT molecular complexity index is 627. The summed E-state index contributed by atoms with van der Waals surface area (Å²) >= 11 is 0. The average molecular weight is 301 g/mol. The fourth-order valence-electron chi connectivity index (χ4n) is 2.44. The molecule has 0 saturated heterocycles. The van der Waals surface area contributed by atoms with Gasteiger partial charge in [0.15, 0.2) is 17.6 Å². The second-order valence-corrected chi connectivity index (χ2v) is 5.13. The molecule has 0 fully saturated rings. The zero-order valence-corrected chi connectivity index (χ0v) is 12.5. The van der Waals surface area contributed by atoms with E-state index >= 15 is 0 Å². The molecule has 1 aliphatic heterocycles. The van der Waals surface area contributed by atoms with Crippen molar-refractivity contribution in [2.24, 2.45) is 0 Å². The van der Waals surface area contributed by atoms with Gasteiger partial charge in [0.2, 0.25) is 5.91 Å². The van der Waals surface area contributed by atoms with E-state index in [9.17, 15) is 4.79 Å². The SMILES string of the molecule is CCN(C[C@H]1COc2ccccc2O1)C(=O)Cn1cccn1. The summed E-state index contributed by atoms with van der Waals surface area (Å²) in [4.78, 5) is 14.1. The van der Waals surface area contributed by atoms with Crippen molar-refractivity contribution >= 4 is 5.91 Å². The fourth-order valence-corrected chi connectivity index (χ4v) is 2.44. The number of rotatable bonds is 5. The maximum atomic E-state index is 12.3. The van der Waals surface area contributed by atoms with E-state index in [4.69, 9.17) is 9.47 Å². The molecule has 6 nitrogen and oxygen atoms in total. The molecule has 2 aromatic rings. The molecule has 22 heavy (non-hydrogen) atoms. The topological polar surface area (TPSA) is 56.6 Å². The minimum Gasteiger partial charge on any atom is -0.486 e. The van der Waals surface area contributed by atoms with Crippen molar-refractivity contribution in [2.45, 2.75) is 19.6 Å². The van der Waals surface area contributed by atoms with Gasteiger partial charge in [-0.3, -0.25) is 9.48 Å². The molecule has 1 aromatic heterocycles. The zero-order chi connectivity index (χ0) is 15.4. The minimum atomic E-state index is -0.156. The first-order valence-electron chi connectivity index (χ1n) is 7.40. The number of carbonyl (C=O) groups excluding carboxylic acids is 1. The number of benzene rings is 1. The fraction of sp³-hybridized carbons (Fsp3) is 0.375. The summed E-state index contributed by atoms with van der Waals surface area (Å²) in [6.07, 6.45) is 3.29. The number of hydrogen-bond acceptors (Lipinski definition) is 4. The van der Waals surface area contributed by atoms with Gasteiger partial charge in [0.1, 0.15) is 13.2 Å². The molecule has 1 amide bonds. The molecule has 0 saturated carbocycles. The molecular weight excluding hydrogens is 282 g/mol. The highest BCUT2D eigenvalue weighted by Gasteiger charge is 2.24. The van der Waals surface area contributed by atoms with E-state index in [1.165, 1.54) is 0 Å². The number of hydrogen-bond donors (Lipinski definition) is 0. The quantitative estimate of drug-likeness (QED) is 0.841. The second-order valence-electron chi connectivity index (χ2n) is 5.13. The summed E-state index contributed by atoms with van der Waals surface area (Å²) in [5, 5.41) is 4.06. The standard InChI is InChI=1S/C16H19N3O3/c1-2-18(16(20)11-19-9-5-8-17-19)10-13-12-21-14-6-3-4-7-15(14)22-13/h3-9,13H,2,10-12H2,1H3/t13-/m0/s1. The van der Waals surface area contributed by atoms with Crippen LogP contribution >= 0.6 is 0 Å². The molecule has 116 valence electrons. The van der Waals surface area contributed by atoms with E-state index in [1.807, 2.05) is 31.2 Å². The Hall–Kier alpha value is -2.50. The molecule has 1 aromatic carbocycles. The summed E-state index contributed by atoms with van der Waals surface area (Å²) in [5.41, 5.74) is 0. The Balaban J connectivity index is 1.60. The van der Waals surface area contributed by atoms with Crippen molar-refractivity contribution in [3.63, 3.8) is 0 Å². The lowest BCUT2D eigenvalue weighted by Crippen LogP contribution is -2.44. The van der Waals surface area contributed by atoms with E-state index in [-0.39, 0.29) is 18.6 Å². The van der Waals surface area contributed by atoms with Gasteiger partial charge in [-0.15, -0.1) is 0 Å². The zero-order valence-electron chi connectivity index (χ0n) is 12.5. The molecule has 1 atom stereocenters. The minimum absolute atomic E-state index is 0.0219. The number of carbonyl (C=O) groups is 1.